The van der Waals surface area contributed by atoms with Gasteiger partial charge < -0.3 is 10.1 Å². The fourth-order valence-electron chi connectivity index (χ4n) is 2.20. The van der Waals surface area contributed by atoms with Crippen LogP contribution in [0.5, 0.6) is 5.75 Å². The van der Waals surface area contributed by atoms with Gasteiger partial charge in [0.15, 0.2) is 0 Å². The number of nitriles is 1. The van der Waals surface area contributed by atoms with Crippen LogP contribution in [0, 0.1) is 11.3 Å². The van der Waals surface area contributed by atoms with Crippen molar-refractivity contribution in [1.82, 2.24) is 0 Å². The van der Waals surface area contributed by atoms with Crippen molar-refractivity contribution in [3.05, 3.63) is 59.7 Å². The summed E-state index contributed by atoms with van der Waals surface area (Å²) in [6.07, 6.45) is 0.911. The molecule has 0 amide bonds. The van der Waals surface area contributed by atoms with Crippen LogP contribution in [0.3, 0.4) is 0 Å². The molecule has 0 aliphatic rings. The Balaban J connectivity index is 2.27. The zero-order chi connectivity index (χ0) is 14.4. The molecule has 0 spiro atoms. The molecule has 0 aromatic heterocycles. The first-order valence-corrected chi connectivity index (χ1v) is 6.66. The van der Waals surface area contributed by atoms with Crippen molar-refractivity contribution in [3.63, 3.8) is 0 Å². The van der Waals surface area contributed by atoms with Crippen LogP contribution in [0.4, 0.5) is 5.69 Å². The van der Waals surface area contributed by atoms with E-state index in [-0.39, 0.29) is 6.04 Å². The highest BCUT2D eigenvalue weighted by Crippen LogP contribution is 2.24. The van der Waals surface area contributed by atoms with Crippen LogP contribution in [0.15, 0.2) is 48.5 Å². The summed E-state index contributed by atoms with van der Waals surface area (Å²) >= 11 is 0. The first-order chi connectivity index (χ1) is 9.78. The molecule has 1 atom stereocenters. The van der Waals surface area contributed by atoms with Gasteiger partial charge in [-0.15, -0.1) is 0 Å². The van der Waals surface area contributed by atoms with Crippen molar-refractivity contribution in [3.8, 4) is 11.8 Å². The second-order valence-electron chi connectivity index (χ2n) is 4.49. The number of benzene rings is 2. The maximum atomic E-state index is 9.44. The molecule has 0 heterocycles. The highest BCUT2D eigenvalue weighted by molar-refractivity contribution is 5.52. The van der Waals surface area contributed by atoms with E-state index in [2.05, 4.69) is 24.4 Å². The van der Waals surface area contributed by atoms with Crippen LogP contribution in [-0.2, 0) is 6.42 Å². The van der Waals surface area contributed by atoms with Crippen LogP contribution < -0.4 is 10.1 Å². The van der Waals surface area contributed by atoms with Crippen molar-refractivity contribution in [2.75, 3.05) is 12.4 Å². The molecule has 0 aliphatic heterocycles. The van der Waals surface area contributed by atoms with Gasteiger partial charge in [-0.1, -0.05) is 37.3 Å². The van der Waals surface area contributed by atoms with Gasteiger partial charge in [-0.2, -0.15) is 5.26 Å². The van der Waals surface area contributed by atoms with Crippen molar-refractivity contribution in [1.29, 1.82) is 5.26 Å². The molecule has 2 aromatic rings. The Morgan fingerprint density at radius 1 is 1.20 bits per heavy atom. The summed E-state index contributed by atoms with van der Waals surface area (Å²) in [4.78, 5) is 0. The maximum absolute atomic E-state index is 9.44. The number of aryl methyl sites for hydroxylation is 1. The van der Waals surface area contributed by atoms with Gasteiger partial charge in [-0.3, -0.25) is 0 Å². The third-order valence-corrected chi connectivity index (χ3v) is 3.26. The summed E-state index contributed by atoms with van der Waals surface area (Å²) in [6.45, 7) is 2.10. The van der Waals surface area contributed by atoms with Gasteiger partial charge in [-0.25, -0.2) is 0 Å². The molecule has 0 fully saturated rings. The van der Waals surface area contributed by atoms with Crippen LogP contribution >= 0.6 is 0 Å². The minimum Gasteiger partial charge on any atom is -0.497 e. The summed E-state index contributed by atoms with van der Waals surface area (Å²) < 4.78 is 5.20. The minimum atomic E-state index is -0.363. The lowest BCUT2D eigenvalue weighted by atomic mass is 9.99. The van der Waals surface area contributed by atoms with Crippen molar-refractivity contribution in [2.24, 2.45) is 0 Å². The monoisotopic (exact) mass is 266 g/mol. The quantitative estimate of drug-likeness (QED) is 0.891. The van der Waals surface area contributed by atoms with E-state index in [1.807, 2.05) is 42.5 Å². The van der Waals surface area contributed by atoms with Gasteiger partial charge in [-0.05, 0) is 29.7 Å². The maximum Gasteiger partial charge on any atom is 0.140 e. The SMILES string of the molecule is CCc1ccccc1C(C#N)Nc1cccc(OC)c1. The summed E-state index contributed by atoms with van der Waals surface area (Å²) in [7, 11) is 1.63. The number of anilines is 1. The van der Waals surface area contributed by atoms with E-state index in [4.69, 9.17) is 4.74 Å². The first-order valence-electron chi connectivity index (χ1n) is 6.66. The number of hydrogen-bond acceptors (Lipinski definition) is 3. The Hall–Kier alpha value is -2.47. The van der Waals surface area contributed by atoms with Gasteiger partial charge in [0.2, 0.25) is 0 Å². The number of methoxy groups -OCH3 is 1. The van der Waals surface area contributed by atoms with E-state index in [9.17, 15) is 5.26 Å². The normalized spacial score (nSPS) is 11.4. The summed E-state index contributed by atoms with van der Waals surface area (Å²) in [5.74, 6) is 0.774. The Morgan fingerprint density at radius 2 is 2.00 bits per heavy atom. The average Bonchev–Trinajstić information content (AvgIpc) is 2.52. The van der Waals surface area contributed by atoms with Crippen molar-refractivity contribution < 1.29 is 4.74 Å². The highest BCUT2D eigenvalue weighted by atomic mass is 16.5. The molecule has 2 rings (SSSR count). The van der Waals surface area contributed by atoms with E-state index in [1.54, 1.807) is 7.11 Å². The third-order valence-electron chi connectivity index (χ3n) is 3.26. The lowest BCUT2D eigenvalue weighted by Gasteiger charge is -2.16. The van der Waals surface area contributed by atoms with Gasteiger partial charge in [0.05, 0.1) is 13.2 Å². The van der Waals surface area contributed by atoms with Gasteiger partial charge >= 0.3 is 0 Å². The second-order valence-corrected chi connectivity index (χ2v) is 4.49. The number of rotatable bonds is 5. The Kier molecular flexibility index (Phi) is 4.62. The van der Waals surface area contributed by atoms with E-state index < -0.39 is 0 Å². The van der Waals surface area contributed by atoms with Gasteiger partial charge in [0.25, 0.3) is 0 Å². The van der Waals surface area contributed by atoms with Gasteiger partial charge in [0.1, 0.15) is 11.8 Å². The van der Waals surface area contributed by atoms with E-state index in [1.165, 1.54) is 5.56 Å². The molecule has 0 radical (unpaired) electrons. The average molecular weight is 266 g/mol. The molecule has 1 N–H and O–H groups in total. The van der Waals surface area contributed by atoms with E-state index in [0.29, 0.717) is 0 Å². The molecule has 0 aliphatic carbocycles. The molecule has 0 saturated heterocycles. The van der Waals surface area contributed by atoms with Crippen molar-refractivity contribution in [2.45, 2.75) is 19.4 Å². The number of hydrogen-bond donors (Lipinski definition) is 1. The first kappa shape index (κ1) is 14.0. The smallest absolute Gasteiger partial charge is 0.140 e. The van der Waals surface area contributed by atoms with E-state index in [0.717, 1.165) is 23.4 Å². The molecular weight excluding hydrogens is 248 g/mol. The molecule has 3 heteroatoms. The predicted molar refractivity (Wildman–Crippen MR) is 80.8 cm³/mol. The molecule has 3 nitrogen and oxygen atoms in total. The molecule has 102 valence electrons. The molecule has 1 unspecified atom stereocenters. The summed E-state index contributed by atoms with van der Waals surface area (Å²) in [6, 6.07) is 17.6. The molecule has 2 aromatic carbocycles. The largest absolute Gasteiger partial charge is 0.497 e. The fourth-order valence-corrected chi connectivity index (χ4v) is 2.20. The second kappa shape index (κ2) is 6.63. The lowest BCUT2D eigenvalue weighted by Crippen LogP contribution is -2.10. The zero-order valence-electron chi connectivity index (χ0n) is 11.8. The summed E-state index contributed by atoms with van der Waals surface area (Å²) in [5, 5.41) is 12.7. The Morgan fingerprint density at radius 3 is 2.70 bits per heavy atom. The van der Waals surface area contributed by atoms with Gasteiger partial charge in [0, 0.05) is 11.8 Å². The van der Waals surface area contributed by atoms with Crippen LogP contribution in [0.1, 0.15) is 24.1 Å². The van der Waals surface area contributed by atoms with Crippen LogP contribution in [0.2, 0.25) is 0 Å². The standard InChI is InChI=1S/C17H18N2O/c1-3-13-7-4-5-10-16(13)17(12-18)19-14-8-6-9-15(11-14)20-2/h4-11,17,19H,3H2,1-2H3. The highest BCUT2D eigenvalue weighted by Gasteiger charge is 2.13. The summed E-state index contributed by atoms with van der Waals surface area (Å²) in [5.41, 5.74) is 3.09. The van der Waals surface area contributed by atoms with Crippen molar-refractivity contribution >= 4 is 5.69 Å². The lowest BCUT2D eigenvalue weighted by molar-refractivity contribution is 0.415. The molecule has 20 heavy (non-hydrogen) atoms. The fraction of sp³-hybridized carbons (Fsp3) is 0.235. The molecule has 0 saturated carbocycles. The molecular formula is C17H18N2O. The Bertz CT molecular complexity index is 616. The predicted octanol–water partition coefficient (Wildman–Crippen LogP) is 3.93. The third kappa shape index (κ3) is 3.10. The van der Waals surface area contributed by atoms with Crippen LogP contribution in [0.25, 0.3) is 0 Å². The zero-order valence-corrected chi connectivity index (χ0v) is 11.8. The minimum absolute atomic E-state index is 0.363. The Labute approximate surface area is 119 Å². The topological polar surface area (TPSA) is 45.0 Å². The number of ether oxygens (including phenoxy) is 1. The number of nitrogens with zero attached hydrogens (tertiary/aromatic N) is 1. The van der Waals surface area contributed by atoms with Crippen LogP contribution in [-0.4, -0.2) is 7.11 Å². The number of nitrogens with one attached hydrogen (secondary N) is 1. The molecule has 0 bridgehead atoms. The van der Waals surface area contributed by atoms with E-state index >= 15 is 0 Å².